The predicted molar refractivity (Wildman–Crippen MR) is 162 cm³/mol. The molecule has 228 valence electrons. The first-order valence-corrected chi connectivity index (χ1v) is 16.3. The zero-order chi connectivity index (χ0) is 31.2. The van der Waals surface area contributed by atoms with E-state index in [1.54, 1.807) is 12.3 Å². The number of nitrogens with one attached hydrogen (secondary N) is 2. The van der Waals surface area contributed by atoms with Crippen LogP contribution in [-0.4, -0.2) is 78.8 Å². The monoisotopic (exact) mass is 640 g/mol. The van der Waals surface area contributed by atoms with Crippen LogP contribution in [-0.2, 0) is 20.0 Å². The van der Waals surface area contributed by atoms with E-state index >= 15 is 0 Å². The molecule has 0 saturated carbocycles. The zero-order valence-corrected chi connectivity index (χ0v) is 25.4. The van der Waals surface area contributed by atoms with E-state index in [1.807, 2.05) is 0 Å². The number of nitrogens with zero attached hydrogens (tertiary/aromatic N) is 5. The van der Waals surface area contributed by atoms with Gasteiger partial charge in [0.2, 0.25) is 5.96 Å². The van der Waals surface area contributed by atoms with Gasteiger partial charge < -0.3 is 20.3 Å². The van der Waals surface area contributed by atoms with Gasteiger partial charge in [-0.3, -0.25) is 9.71 Å². The number of methoxy groups -OCH3 is 2. The van der Waals surface area contributed by atoms with E-state index in [4.69, 9.17) is 20.7 Å². The summed E-state index contributed by atoms with van der Waals surface area (Å²) >= 11 is 1.10. The summed E-state index contributed by atoms with van der Waals surface area (Å²) in [5, 5.41) is 13.3. The molecule has 0 aliphatic rings. The number of aliphatic hydroxyl groups is 1. The molecule has 0 heterocycles. The van der Waals surface area contributed by atoms with Gasteiger partial charge >= 0.3 is 0 Å². The number of nitrogens with two attached hydrogens (primary N) is 1. The second kappa shape index (κ2) is 16.5. The van der Waals surface area contributed by atoms with Crippen molar-refractivity contribution in [2.45, 2.75) is 28.3 Å². The molecule has 5 N–H and O–H groups in total. The summed E-state index contributed by atoms with van der Waals surface area (Å²) in [7, 11) is -5.04. The quantitative estimate of drug-likeness (QED) is 0.0449. The maximum atomic E-state index is 12.7. The number of ether oxygens (including phenoxy) is 2. The Kier molecular flexibility index (Phi) is 13.4. The van der Waals surface area contributed by atoms with Crippen molar-refractivity contribution in [1.82, 2.24) is 9.44 Å². The van der Waals surface area contributed by atoms with Gasteiger partial charge in [0.25, 0.3) is 20.0 Å². The molecule has 0 aliphatic heterocycles. The highest BCUT2D eigenvalue weighted by molar-refractivity contribution is 8.14. The number of guanidine groups is 1. The van der Waals surface area contributed by atoms with Crippen LogP contribution in [0.3, 0.4) is 0 Å². The number of rotatable bonds is 14. The molecule has 15 nitrogen and oxygen atoms in total. The Morgan fingerprint density at radius 1 is 1.02 bits per heavy atom. The van der Waals surface area contributed by atoms with Gasteiger partial charge in [0.05, 0.1) is 42.7 Å². The number of hydrogen-bond acceptors (Lipinski definition) is 11. The van der Waals surface area contributed by atoms with E-state index in [2.05, 4.69) is 29.5 Å². The van der Waals surface area contributed by atoms with Crippen molar-refractivity contribution in [3.8, 4) is 11.5 Å². The highest BCUT2D eigenvalue weighted by atomic mass is 32.2. The molecule has 0 fully saturated rings. The molecule has 18 heteroatoms. The van der Waals surface area contributed by atoms with E-state index < -0.39 is 44.7 Å². The number of amidine groups is 1. The minimum Gasteiger partial charge on any atom is -0.497 e. The van der Waals surface area contributed by atoms with Crippen LogP contribution in [0.4, 0.5) is 0 Å². The number of thioether (sulfide) groups is 1. The van der Waals surface area contributed by atoms with Crippen molar-refractivity contribution < 1.29 is 31.4 Å². The third kappa shape index (κ3) is 10.5. The van der Waals surface area contributed by atoms with Crippen molar-refractivity contribution in [2.75, 3.05) is 33.6 Å². The number of benzene rings is 2. The molecule has 0 aliphatic carbocycles. The first-order chi connectivity index (χ1) is 20.0. The molecule has 0 spiro atoms. The lowest BCUT2D eigenvalue weighted by Crippen LogP contribution is -2.39. The van der Waals surface area contributed by atoms with E-state index in [0.29, 0.717) is 17.9 Å². The minimum absolute atomic E-state index is 0.0407. The van der Waals surface area contributed by atoms with Gasteiger partial charge in [-0.1, -0.05) is 29.0 Å². The number of aliphatic hydroxyl groups excluding tert-OH is 1. The second-order valence-corrected chi connectivity index (χ2v) is 12.3. The van der Waals surface area contributed by atoms with Crippen molar-refractivity contribution in [3.05, 3.63) is 71.1 Å². The average Bonchev–Trinajstić information content (AvgIpc) is 2.98. The summed E-state index contributed by atoms with van der Waals surface area (Å²) < 4.78 is 65.3. The normalized spacial score (nSPS) is 14.1. The average molecular weight is 641 g/mol. The van der Waals surface area contributed by atoms with Gasteiger partial charge in [0.15, 0.2) is 5.17 Å². The van der Waals surface area contributed by atoms with Gasteiger partial charge in [-0.15, -0.1) is 0 Å². The van der Waals surface area contributed by atoms with Crippen molar-refractivity contribution in [3.63, 3.8) is 0 Å². The molecule has 2 rings (SSSR count). The maximum absolute atomic E-state index is 12.7. The molecule has 0 saturated heterocycles. The summed E-state index contributed by atoms with van der Waals surface area (Å²) in [4.78, 5) is 11.0. The third-order valence-corrected chi connectivity index (χ3v) is 8.82. The molecule has 2 aromatic carbocycles. The molecule has 2 atom stereocenters. The predicted octanol–water partition coefficient (Wildman–Crippen LogP) is 1.98. The lowest BCUT2D eigenvalue weighted by molar-refractivity contribution is 0.258. The van der Waals surface area contributed by atoms with Crippen LogP contribution in [0, 0.1) is 0 Å². The Bertz CT molecular complexity index is 1520. The Morgan fingerprint density at radius 3 is 2.00 bits per heavy atom. The van der Waals surface area contributed by atoms with E-state index in [9.17, 15) is 21.9 Å². The van der Waals surface area contributed by atoms with Gasteiger partial charge in [-0.25, -0.2) is 26.6 Å². The topological polar surface area (TPSA) is 231 Å². The summed E-state index contributed by atoms with van der Waals surface area (Å²) in [5.41, 5.74) is 14.7. The minimum atomic E-state index is -4.09. The molecule has 42 heavy (non-hydrogen) atoms. The van der Waals surface area contributed by atoms with Crippen LogP contribution in [0.5, 0.6) is 11.5 Å². The lowest BCUT2D eigenvalue weighted by atomic mass is 10.1. The fourth-order valence-electron chi connectivity index (χ4n) is 3.22. The van der Waals surface area contributed by atoms with E-state index in [-0.39, 0.29) is 21.5 Å². The first kappa shape index (κ1) is 34.2. The number of hydrogen-bond donors (Lipinski definition) is 4. The van der Waals surface area contributed by atoms with Gasteiger partial charge in [0, 0.05) is 11.5 Å². The third-order valence-electron chi connectivity index (χ3n) is 5.35. The van der Waals surface area contributed by atoms with Crippen molar-refractivity contribution >= 4 is 42.9 Å². The molecular weight excluding hydrogens is 609 g/mol. The first-order valence-electron chi connectivity index (χ1n) is 12.1. The maximum Gasteiger partial charge on any atom is 0.264 e. The van der Waals surface area contributed by atoms with Crippen LogP contribution >= 0.6 is 11.8 Å². The lowest BCUT2D eigenvalue weighted by Gasteiger charge is -2.16. The highest BCUT2D eigenvalue weighted by Gasteiger charge is 2.20. The zero-order valence-electron chi connectivity index (χ0n) is 23.0. The SMILES string of the molecule is COc1ccc(S(=O)(=O)NC(N)=N[C@H](/C=C\CCN=C(NS(=O)(=O)c2ccc(OC)cc2)SC)[C@H](CO)N=[N+]=[N-])cc1. The largest absolute Gasteiger partial charge is 0.497 e. The molecule has 0 bridgehead atoms. The summed E-state index contributed by atoms with van der Waals surface area (Å²) in [6.07, 6.45) is 5.04. The Morgan fingerprint density at radius 2 is 1.55 bits per heavy atom. The van der Waals surface area contributed by atoms with Crippen molar-refractivity contribution in [1.29, 1.82) is 0 Å². The summed E-state index contributed by atoms with van der Waals surface area (Å²) in [6, 6.07) is 9.34. The smallest absolute Gasteiger partial charge is 0.264 e. The summed E-state index contributed by atoms with van der Waals surface area (Å²) in [5.74, 6) is 0.481. The Labute approximate surface area is 248 Å². The van der Waals surface area contributed by atoms with Gasteiger partial charge in [-0.2, -0.15) is 0 Å². The molecule has 0 radical (unpaired) electrons. The fourth-order valence-corrected chi connectivity index (χ4v) is 5.95. The van der Waals surface area contributed by atoms with Gasteiger partial charge in [0.1, 0.15) is 11.5 Å². The van der Waals surface area contributed by atoms with Crippen LogP contribution in [0.1, 0.15) is 6.42 Å². The van der Waals surface area contributed by atoms with E-state index in [1.165, 1.54) is 68.8 Å². The Balaban J connectivity index is 2.13. The number of aliphatic imine (C=N–C) groups is 2. The standard InChI is InChI=1S/C24H32N8O7S3/c1-38-17-7-11-19(12-8-17)41(34,35)30-23(25)28-21(22(16-33)29-32-26)6-4-5-15-27-24(40-3)31-42(36,37)20-13-9-18(39-2)10-14-20/h4,6-14,21-22,33H,5,15-16H2,1-3H3,(H,27,31)(H3,25,28,30)/b6-4-/t21-,22+/m1/s1. The molecule has 0 amide bonds. The fraction of sp³-hybridized carbons (Fsp3) is 0.333. The van der Waals surface area contributed by atoms with Crippen LogP contribution in [0.25, 0.3) is 10.4 Å². The molecule has 0 aromatic heterocycles. The Hall–Kier alpha value is -3.96. The molecule has 0 unspecified atom stereocenters. The van der Waals surface area contributed by atoms with E-state index in [0.717, 1.165) is 11.8 Å². The number of azide groups is 1. The van der Waals surface area contributed by atoms with Crippen LogP contribution in [0.15, 0.2) is 85.6 Å². The summed E-state index contributed by atoms with van der Waals surface area (Å²) in [6.45, 7) is -0.428. The number of sulfonamides is 2. The van der Waals surface area contributed by atoms with Gasteiger partial charge in [-0.05, 0) is 66.7 Å². The highest BCUT2D eigenvalue weighted by Crippen LogP contribution is 2.17. The molecular formula is C24H32N8O7S3. The van der Waals surface area contributed by atoms with Crippen molar-refractivity contribution in [2.24, 2.45) is 20.8 Å². The second-order valence-electron chi connectivity index (χ2n) is 8.13. The molecule has 2 aromatic rings. The van der Waals surface area contributed by atoms with Crippen LogP contribution < -0.4 is 24.7 Å². The van der Waals surface area contributed by atoms with Crippen LogP contribution in [0.2, 0.25) is 0 Å².